The molecule has 0 saturated carbocycles. The van der Waals surface area contributed by atoms with Gasteiger partial charge in [-0.2, -0.15) is 0 Å². The number of carboxylic acid groups (broad SMARTS) is 1. The molecule has 0 amide bonds. The Hall–Kier alpha value is -1.53. The number of nitrogens with one attached hydrogen (secondary N) is 1. The molecule has 0 aliphatic carbocycles. The van der Waals surface area contributed by atoms with Crippen molar-refractivity contribution in [2.24, 2.45) is 0 Å². The van der Waals surface area contributed by atoms with Crippen LogP contribution in [0, 0.1) is 0 Å². The summed E-state index contributed by atoms with van der Waals surface area (Å²) in [4.78, 5) is 19.7. The van der Waals surface area contributed by atoms with Crippen LogP contribution in [-0.4, -0.2) is 34.2 Å². The van der Waals surface area contributed by atoms with Crippen molar-refractivity contribution in [1.82, 2.24) is 15.3 Å². The van der Waals surface area contributed by atoms with Gasteiger partial charge in [-0.05, 0) is 6.42 Å². The Morgan fingerprint density at radius 2 is 2.33 bits per heavy atom. The van der Waals surface area contributed by atoms with Crippen LogP contribution in [0.2, 0.25) is 0 Å². The van der Waals surface area contributed by atoms with Crippen molar-refractivity contribution in [2.75, 3.05) is 13.2 Å². The maximum absolute atomic E-state index is 11.2. The van der Waals surface area contributed by atoms with E-state index in [9.17, 15) is 9.90 Å². The van der Waals surface area contributed by atoms with E-state index in [1.54, 1.807) is 0 Å². The average Bonchev–Trinajstić information content (AvgIpc) is 2.38. The number of carbonyl (C=O) groups is 1. The van der Waals surface area contributed by atoms with Crippen molar-refractivity contribution in [2.45, 2.75) is 32.9 Å². The van der Waals surface area contributed by atoms with E-state index in [1.165, 1.54) is 0 Å². The average molecular weight is 251 g/mol. The molecule has 0 radical (unpaired) electrons. The lowest BCUT2D eigenvalue weighted by Crippen LogP contribution is -2.28. The highest BCUT2D eigenvalue weighted by atomic mass is 16.5. The summed E-state index contributed by atoms with van der Waals surface area (Å²) in [7, 11) is 0. The third-order valence-corrected chi connectivity index (χ3v) is 2.76. The quantitative estimate of drug-likeness (QED) is 0.751. The number of ether oxygens (including phenoxy) is 1. The maximum Gasteiger partial charge on any atom is 0.354 e. The largest absolute Gasteiger partial charge is 0.476 e. The van der Waals surface area contributed by atoms with Crippen LogP contribution in [0.3, 0.4) is 0 Å². The number of carboxylic acids is 1. The molecule has 0 fully saturated rings. The molecule has 1 aliphatic rings. The second-order valence-electron chi connectivity index (χ2n) is 4.20. The van der Waals surface area contributed by atoms with Crippen molar-refractivity contribution in [3.8, 4) is 0 Å². The van der Waals surface area contributed by atoms with Gasteiger partial charge in [0.15, 0.2) is 11.5 Å². The van der Waals surface area contributed by atoms with Crippen molar-refractivity contribution in [1.29, 1.82) is 0 Å². The molecule has 2 rings (SSSR count). The minimum absolute atomic E-state index is 0.0994. The van der Waals surface area contributed by atoms with Crippen LogP contribution in [0.1, 0.15) is 40.9 Å². The van der Waals surface area contributed by atoms with Crippen LogP contribution < -0.4 is 5.32 Å². The highest BCUT2D eigenvalue weighted by Crippen LogP contribution is 2.16. The number of fused-ring (bicyclic) bond motifs is 1. The van der Waals surface area contributed by atoms with E-state index >= 15 is 0 Å². The van der Waals surface area contributed by atoms with Crippen molar-refractivity contribution in [3.05, 3.63) is 22.8 Å². The summed E-state index contributed by atoms with van der Waals surface area (Å²) < 4.78 is 5.36. The normalized spacial score (nSPS) is 14.3. The minimum atomic E-state index is -1.01. The smallest absolute Gasteiger partial charge is 0.354 e. The molecule has 98 valence electrons. The molecule has 0 spiro atoms. The molecule has 2 heterocycles. The highest BCUT2D eigenvalue weighted by molar-refractivity contribution is 5.87. The first kappa shape index (κ1) is 12.9. The Bertz CT molecular complexity index is 448. The van der Waals surface area contributed by atoms with E-state index in [2.05, 4.69) is 15.3 Å². The predicted octanol–water partition coefficient (Wildman–Crippen LogP) is 0.747. The van der Waals surface area contributed by atoms with E-state index < -0.39 is 5.97 Å². The molecule has 0 atom stereocenters. The molecule has 0 aromatic carbocycles. The fourth-order valence-electron chi connectivity index (χ4n) is 1.94. The number of rotatable bonds is 5. The number of nitrogens with zero attached hydrogens (tertiary/aromatic N) is 2. The molecule has 6 nitrogen and oxygen atoms in total. The molecule has 1 aliphatic heterocycles. The Labute approximate surface area is 105 Å². The van der Waals surface area contributed by atoms with Gasteiger partial charge in [0, 0.05) is 31.7 Å². The van der Waals surface area contributed by atoms with Gasteiger partial charge >= 0.3 is 5.97 Å². The lowest BCUT2D eigenvalue weighted by atomic mass is 10.1. The Balaban J connectivity index is 2.26. The van der Waals surface area contributed by atoms with Gasteiger partial charge in [-0.15, -0.1) is 0 Å². The molecule has 0 saturated heterocycles. The molecule has 0 unspecified atom stereocenters. The SMILES string of the molecule is CCCOCc1nc2c(c(C(=O)O)n1)CNCC2. The first-order valence-corrected chi connectivity index (χ1v) is 6.12. The van der Waals surface area contributed by atoms with Crippen LogP contribution in [0.4, 0.5) is 0 Å². The lowest BCUT2D eigenvalue weighted by molar-refractivity contribution is 0.0685. The summed E-state index contributed by atoms with van der Waals surface area (Å²) in [5.41, 5.74) is 1.63. The standard InChI is InChI=1S/C12H17N3O3/c1-2-5-18-7-10-14-9-3-4-13-6-8(9)11(15-10)12(16)17/h13H,2-7H2,1H3,(H,16,17). The Morgan fingerprint density at radius 1 is 1.50 bits per heavy atom. The molecule has 6 heteroatoms. The summed E-state index contributed by atoms with van der Waals surface area (Å²) in [6.45, 7) is 4.26. The summed E-state index contributed by atoms with van der Waals surface area (Å²) in [5, 5.41) is 12.3. The van der Waals surface area contributed by atoms with Crippen LogP contribution in [0.15, 0.2) is 0 Å². The van der Waals surface area contributed by atoms with Gasteiger partial charge in [0.25, 0.3) is 0 Å². The summed E-state index contributed by atoms with van der Waals surface area (Å²) in [5.74, 6) is -0.546. The van der Waals surface area contributed by atoms with Gasteiger partial charge in [-0.3, -0.25) is 0 Å². The van der Waals surface area contributed by atoms with E-state index in [4.69, 9.17) is 4.74 Å². The zero-order valence-electron chi connectivity index (χ0n) is 10.4. The van der Waals surface area contributed by atoms with Gasteiger partial charge in [-0.1, -0.05) is 6.92 Å². The van der Waals surface area contributed by atoms with Gasteiger partial charge in [0.1, 0.15) is 6.61 Å². The predicted molar refractivity (Wildman–Crippen MR) is 64.3 cm³/mol. The number of hydrogen-bond acceptors (Lipinski definition) is 5. The lowest BCUT2D eigenvalue weighted by Gasteiger charge is -2.18. The molecule has 1 aromatic heterocycles. The third-order valence-electron chi connectivity index (χ3n) is 2.76. The first-order valence-electron chi connectivity index (χ1n) is 6.12. The van der Waals surface area contributed by atoms with E-state index in [0.717, 1.165) is 25.1 Å². The number of hydrogen-bond donors (Lipinski definition) is 2. The minimum Gasteiger partial charge on any atom is -0.476 e. The maximum atomic E-state index is 11.2. The first-order chi connectivity index (χ1) is 8.72. The number of aromatic carboxylic acids is 1. The van der Waals surface area contributed by atoms with Crippen LogP contribution in [0.25, 0.3) is 0 Å². The van der Waals surface area contributed by atoms with Gasteiger partial charge in [0.2, 0.25) is 0 Å². The summed E-state index contributed by atoms with van der Waals surface area (Å²) >= 11 is 0. The van der Waals surface area contributed by atoms with Crippen molar-refractivity contribution in [3.63, 3.8) is 0 Å². The molecule has 0 bridgehead atoms. The number of aromatic nitrogens is 2. The van der Waals surface area contributed by atoms with Crippen LogP contribution in [0.5, 0.6) is 0 Å². The zero-order chi connectivity index (χ0) is 13.0. The molecule has 18 heavy (non-hydrogen) atoms. The zero-order valence-corrected chi connectivity index (χ0v) is 10.4. The van der Waals surface area contributed by atoms with Crippen LogP contribution >= 0.6 is 0 Å². The topological polar surface area (TPSA) is 84.3 Å². The molecular weight excluding hydrogens is 234 g/mol. The van der Waals surface area contributed by atoms with Crippen molar-refractivity contribution < 1.29 is 14.6 Å². The van der Waals surface area contributed by atoms with Gasteiger partial charge < -0.3 is 15.2 Å². The third kappa shape index (κ3) is 2.83. The van der Waals surface area contributed by atoms with E-state index in [-0.39, 0.29) is 12.3 Å². The summed E-state index contributed by atoms with van der Waals surface area (Å²) in [6.07, 6.45) is 1.65. The molecule has 2 N–H and O–H groups in total. The van der Waals surface area contributed by atoms with Crippen molar-refractivity contribution >= 4 is 5.97 Å². The second-order valence-corrected chi connectivity index (χ2v) is 4.20. The van der Waals surface area contributed by atoms with E-state index in [0.29, 0.717) is 24.5 Å². The molecule has 1 aromatic rings. The highest BCUT2D eigenvalue weighted by Gasteiger charge is 2.21. The van der Waals surface area contributed by atoms with Gasteiger partial charge in [-0.25, -0.2) is 14.8 Å². The Morgan fingerprint density at radius 3 is 3.06 bits per heavy atom. The Kier molecular flexibility index (Phi) is 4.22. The van der Waals surface area contributed by atoms with Gasteiger partial charge in [0.05, 0.1) is 5.69 Å². The fraction of sp³-hybridized carbons (Fsp3) is 0.583. The summed E-state index contributed by atoms with van der Waals surface area (Å²) in [6, 6.07) is 0. The monoisotopic (exact) mass is 251 g/mol. The van der Waals surface area contributed by atoms with E-state index in [1.807, 2.05) is 6.92 Å². The second kappa shape index (κ2) is 5.88. The molecular formula is C12H17N3O3. The van der Waals surface area contributed by atoms with Crippen LogP contribution in [-0.2, 0) is 24.3 Å². The fourth-order valence-corrected chi connectivity index (χ4v) is 1.94.